The minimum atomic E-state index is -0.638. The highest BCUT2D eigenvalue weighted by molar-refractivity contribution is 7.12. The lowest BCUT2D eigenvalue weighted by Crippen LogP contribution is -2.50. The van der Waals surface area contributed by atoms with Crippen molar-refractivity contribution in [3.05, 3.63) is 58.0 Å². The van der Waals surface area contributed by atoms with Crippen LogP contribution in [0.1, 0.15) is 15.2 Å². The van der Waals surface area contributed by atoms with Crippen LogP contribution in [-0.2, 0) is 11.3 Å². The van der Waals surface area contributed by atoms with Gasteiger partial charge >= 0.3 is 0 Å². The van der Waals surface area contributed by atoms with E-state index in [1.54, 1.807) is 18.2 Å². The van der Waals surface area contributed by atoms with Crippen LogP contribution < -0.4 is 0 Å². The fraction of sp³-hybridized carbons (Fsp3) is 0.421. The first-order chi connectivity index (χ1) is 12.6. The molecular weight excluding hydrogens is 355 g/mol. The lowest BCUT2D eigenvalue weighted by molar-refractivity contribution is 0.00147. The number of carbonyl (C=O) groups is 1. The number of hydrogen-bond acceptors (Lipinski definition) is 5. The minimum absolute atomic E-state index is 0.0772. The van der Waals surface area contributed by atoms with Gasteiger partial charge in [0.1, 0.15) is 5.82 Å². The Bertz CT molecular complexity index is 703. The quantitative estimate of drug-likeness (QED) is 0.803. The third-order valence-electron chi connectivity index (χ3n) is 4.39. The van der Waals surface area contributed by atoms with Crippen LogP contribution in [0.3, 0.4) is 0 Å². The molecule has 2 aromatic rings. The molecule has 7 heteroatoms. The number of aliphatic hydroxyl groups excluding tert-OH is 1. The van der Waals surface area contributed by atoms with Crippen molar-refractivity contribution in [2.75, 3.05) is 39.3 Å². The van der Waals surface area contributed by atoms with Gasteiger partial charge in [0.15, 0.2) is 0 Å². The number of amides is 1. The molecule has 1 fully saturated rings. The lowest BCUT2D eigenvalue weighted by atomic mass is 10.2. The Morgan fingerprint density at radius 3 is 2.65 bits per heavy atom. The largest absolute Gasteiger partial charge is 0.389 e. The molecule has 0 spiro atoms. The molecule has 0 aliphatic carbocycles. The maximum absolute atomic E-state index is 13.5. The average Bonchev–Trinajstić information content (AvgIpc) is 3.18. The van der Waals surface area contributed by atoms with Gasteiger partial charge in [0.2, 0.25) is 0 Å². The van der Waals surface area contributed by atoms with Crippen molar-refractivity contribution in [2.45, 2.75) is 12.7 Å². The van der Waals surface area contributed by atoms with E-state index in [1.165, 1.54) is 17.4 Å². The van der Waals surface area contributed by atoms with E-state index in [1.807, 2.05) is 22.4 Å². The van der Waals surface area contributed by atoms with Gasteiger partial charge in [-0.05, 0) is 17.5 Å². The summed E-state index contributed by atoms with van der Waals surface area (Å²) in [4.78, 5) is 17.0. The van der Waals surface area contributed by atoms with Crippen molar-refractivity contribution in [3.8, 4) is 0 Å². The highest BCUT2D eigenvalue weighted by Crippen LogP contribution is 2.14. The van der Waals surface area contributed by atoms with Gasteiger partial charge in [-0.1, -0.05) is 24.3 Å². The number of β-amino-alcohol motifs (C(OH)–C–C–N with tert-alkyl or cyclic N) is 1. The van der Waals surface area contributed by atoms with E-state index < -0.39 is 6.10 Å². The summed E-state index contributed by atoms with van der Waals surface area (Å²) in [6, 6.07) is 10.2. The third kappa shape index (κ3) is 5.11. The van der Waals surface area contributed by atoms with Crippen LogP contribution in [0.15, 0.2) is 41.8 Å². The Balaban J connectivity index is 1.36. The molecule has 1 N–H and O–H groups in total. The van der Waals surface area contributed by atoms with E-state index >= 15 is 0 Å². The van der Waals surface area contributed by atoms with E-state index in [2.05, 4.69) is 4.90 Å². The number of aliphatic hydroxyl groups is 1. The molecule has 26 heavy (non-hydrogen) atoms. The first kappa shape index (κ1) is 19.0. The maximum atomic E-state index is 13.5. The zero-order chi connectivity index (χ0) is 18.4. The van der Waals surface area contributed by atoms with Crippen molar-refractivity contribution in [1.29, 1.82) is 0 Å². The predicted molar refractivity (Wildman–Crippen MR) is 98.7 cm³/mol. The molecule has 3 rings (SSSR count). The van der Waals surface area contributed by atoms with Crippen molar-refractivity contribution in [2.24, 2.45) is 0 Å². The van der Waals surface area contributed by atoms with Gasteiger partial charge in [0, 0.05) is 38.3 Å². The van der Waals surface area contributed by atoms with E-state index in [0.717, 1.165) is 18.0 Å². The number of piperazine rings is 1. The molecule has 140 valence electrons. The van der Waals surface area contributed by atoms with Gasteiger partial charge in [-0.2, -0.15) is 0 Å². The number of hydrogen-bond donors (Lipinski definition) is 1. The molecule has 0 unspecified atom stereocenters. The van der Waals surface area contributed by atoms with Crippen molar-refractivity contribution >= 4 is 17.2 Å². The molecule has 1 aliphatic heterocycles. The summed E-state index contributed by atoms with van der Waals surface area (Å²) in [5.74, 6) is -0.220. The molecule has 5 nitrogen and oxygen atoms in total. The SMILES string of the molecule is O=C(c1cccs1)N1CCN(C[C@@H](O)COCc2ccccc2F)CC1. The number of rotatable bonds is 7. The van der Waals surface area contributed by atoms with E-state index in [0.29, 0.717) is 25.2 Å². The first-order valence-electron chi connectivity index (χ1n) is 8.68. The van der Waals surface area contributed by atoms with Gasteiger partial charge in [0.25, 0.3) is 5.91 Å². The standard InChI is InChI=1S/C19H23FN2O3S/c20-17-5-2-1-4-15(17)13-25-14-16(23)12-21-7-9-22(10-8-21)19(24)18-6-3-11-26-18/h1-6,11,16,23H,7-10,12-14H2/t16-/m1/s1. The molecule has 2 heterocycles. The summed E-state index contributed by atoms with van der Waals surface area (Å²) in [6.07, 6.45) is -0.638. The second-order valence-electron chi connectivity index (χ2n) is 6.33. The summed E-state index contributed by atoms with van der Waals surface area (Å²) in [5.41, 5.74) is 0.486. The zero-order valence-corrected chi connectivity index (χ0v) is 15.3. The van der Waals surface area contributed by atoms with Crippen LogP contribution in [0.5, 0.6) is 0 Å². The fourth-order valence-corrected chi connectivity index (χ4v) is 3.65. The topological polar surface area (TPSA) is 53.0 Å². The van der Waals surface area contributed by atoms with Crippen LogP contribution >= 0.6 is 11.3 Å². The van der Waals surface area contributed by atoms with Gasteiger partial charge in [-0.15, -0.1) is 11.3 Å². The summed E-state index contributed by atoms with van der Waals surface area (Å²) in [7, 11) is 0. The fourth-order valence-electron chi connectivity index (χ4n) is 2.96. The Morgan fingerprint density at radius 1 is 1.19 bits per heavy atom. The normalized spacial score (nSPS) is 16.6. The molecule has 0 radical (unpaired) electrons. The van der Waals surface area contributed by atoms with Gasteiger partial charge in [-0.25, -0.2) is 4.39 Å². The third-order valence-corrected chi connectivity index (χ3v) is 5.24. The molecule has 1 aromatic heterocycles. The van der Waals surface area contributed by atoms with Crippen LogP contribution in [0, 0.1) is 5.82 Å². The molecule has 0 bridgehead atoms. The second-order valence-corrected chi connectivity index (χ2v) is 7.28. The van der Waals surface area contributed by atoms with E-state index in [9.17, 15) is 14.3 Å². The molecular formula is C19H23FN2O3S. The van der Waals surface area contributed by atoms with Crippen LogP contribution in [0.2, 0.25) is 0 Å². The first-order valence-corrected chi connectivity index (χ1v) is 9.56. The Kier molecular flexibility index (Phi) is 6.73. The van der Waals surface area contributed by atoms with Crippen molar-refractivity contribution in [3.63, 3.8) is 0 Å². The summed E-state index contributed by atoms with van der Waals surface area (Å²) in [6.45, 7) is 3.54. The average molecular weight is 378 g/mol. The highest BCUT2D eigenvalue weighted by Gasteiger charge is 2.23. The van der Waals surface area contributed by atoms with Crippen LogP contribution in [0.25, 0.3) is 0 Å². The molecule has 0 saturated carbocycles. The van der Waals surface area contributed by atoms with Crippen molar-refractivity contribution in [1.82, 2.24) is 9.80 Å². The second kappa shape index (κ2) is 9.23. The lowest BCUT2D eigenvalue weighted by Gasteiger charge is -2.35. The Labute approximate surface area is 156 Å². The van der Waals surface area contributed by atoms with Gasteiger partial charge in [0.05, 0.1) is 24.2 Å². The number of ether oxygens (including phenoxy) is 1. The molecule has 1 atom stereocenters. The minimum Gasteiger partial charge on any atom is -0.389 e. The van der Waals surface area contributed by atoms with Crippen LogP contribution in [0.4, 0.5) is 4.39 Å². The molecule has 1 aliphatic rings. The predicted octanol–water partition coefficient (Wildman–Crippen LogP) is 2.22. The maximum Gasteiger partial charge on any atom is 0.264 e. The monoisotopic (exact) mass is 378 g/mol. The number of halogens is 1. The summed E-state index contributed by atoms with van der Waals surface area (Å²) >= 11 is 1.46. The van der Waals surface area contributed by atoms with Gasteiger partial charge in [-0.3, -0.25) is 9.69 Å². The zero-order valence-electron chi connectivity index (χ0n) is 14.5. The smallest absolute Gasteiger partial charge is 0.264 e. The van der Waals surface area contributed by atoms with Crippen LogP contribution in [-0.4, -0.2) is 66.2 Å². The molecule has 1 aromatic carbocycles. The Morgan fingerprint density at radius 2 is 1.96 bits per heavy atom. The molecule has 1 saturated heterocycles. The number of nitrogens with zero attached hydrogens (tertiary/aromatic N) is 2. The highest BCUT2D eigenvalue weighted by atomic mass is 32.1. The van der Waals surface area contributed by atoms with Crippen molar-refractivity contribution < 1.29 is 19.0 Å². The van der Waals surface area contributed by atoms with E-state index in [4.69, 9.17) is 4.74 Å². The number of carbonyl (C=O) groups excluding carboxylic acids is 1. The van der Waals surface area contributed by atoms with E-state index in [-0.39, 0.29) is 24.9 Å². The molecule has 1 amide bonds. The van der Waals surface area contributed by atoms with Gasteiger partial charge < -0.3 is 14.7 Å². The number of thiophene rings is 1. The Hall–Kier alpha value is -1.80. The number of benzene rings is 1. The summed E-state index contributed by atoms with van der Waals surface area (Å²) in [5, 5.41) is 12.0. The summed E-state index contributed by atoms with van der Waals surface area (Å²) < 4.78 is 18.9.